The van der Waals surface area contributed by atoms with Gasteiger partial charge in [-0.05, 0) is 55.6 Å². The van der Waals surface area contributed by atoms with Crippen LogP contribution in [0.4, 0.5) is 0 Å². The first-order valence-electron chi connectivity index (χ1n) is 14.2. The fourth-order valence-electron chi connectivity index (χ4n) is 5.47. The highest BCUT2D eigenvalue weighted by Gasteiger charge is 2.52. The monoisotopic (exact) mass is 561 g/mol. The first-order valence-corrected chi connectivity index (χ1v) is 16.1. The molecule has 0 spiro atoms. The first-order chi connectivity index (χ1) is 18.8. The number of nitrogens with one attached hydrogen (secondary N) is 1. The zero-order valence-corrected chi connectivity index (χ0v) is 26.3. The molecule has 0 unspecified atom stereocenters. The van der Waals surface area contributed by atoms with Crippen LogP contribution in [0, 0.1) is 5.92 Å². The van der Waals surface area contributed by atoms with Crippen LogP contribution in [-0.2, 0) is 20.5 Å². The average molecular weight is 562 g/mol. The molecule has 0 aliphatic rings. The molecule has 2 N–H and O–H groups in total. The molecule has 0 radical (unpaired) electrons. The summed E-state index contributed by atoms with van der Waals surface area (Å²) in [5.41, 5.74) is 0.398. The Morgan fingerprint density at radius 1 is 0.800 bits per heavy atom. The normalized spacial score (nSPS) is 15.6. The molecule has 3 aromatic rings. The highest BCUT2D eigenvalue weighted by Crippen LogP contribution is 2.38. The third-order valence-electron chi connectivity index (χ3n) is 7.26. The van der Waals surface area contributed by atoms with Gasteiger partial charge in [-0.25, -0.2) is 0 Å². The van der Waals surface area contributed by atoms with Crippen molar-refractivity contribution >= 4 is 24.7 Å². The van der Waals surface area contributed by atoms with E-state index in [2.05, 4.69) is 74.6 Å². The minimum atomic E-state index is -2.92. The number of benzene rings is 3. The van der Waals surface area contributed by atoms with Crippen LogP contribution in [0.15, 0.2) is 91.0 Å². The molecular formula is C34H47NO4Si. The van der Waals surface area contributed by atoms with E-state index in [1.54, 1.807) is 6.92 Å². The minimum absolute atomic E-state index is 0.236. The van der Waals surface area contributed by atoms with E-state index in [0.717, 1.165) is 15.9 Å². The van der Waals surface area contributed by atoms with Crippen molar-refractivity contribution in [2.24, 2.45) is 5.92 Å². The Labute approximate surface area is 242 Å². The third kappa shape index (κ3) is 7.70. The number of rotatable bonds is 11. The molecule has 0 aromatic heterocycles. The van der Waals surface area contributed by atoms with Crippen LogP contribution in [0.25, 0.3) is 0 Å². The van der Waals surface area contributed by atoms with Crippen molar-refractivity contribution in [1.82, 2.24) is 5.32 Å². The number of esters is 1. The van der Waals surface area contributed by atoms with Crippen LogP contribution in [0.1, 0.15) is 61.0 Å². The predicted octanol–water partition coefficient (Wildman–Crippen LogP) is 5.45. The maximum absolute atomic E-state index is 13.6. The fraction of sp³-hybridized carbons (Fsp3) is 0.441. The molecule has 0 saturated carbocycles. The molecular weight excluding hydrogens is 514 g/mol. The maximum atomic E-state index is 13.6. The number of carbonyl (C=O) groups is 1. The molecule has 0 saturated heterocycles. The maximum Gasteiger partial charge on any atom is 0.313 e. The zero-order valence-electron chi connectivity index (χ0n) is 25.3. The molecule has 0 fully saturated rings. The summed E-state index contributed by atoms with van der Waals surface area (Å²) in [5.74, 6) is -1.28. The van der Waals surface area contributed by atoms with Crippen molar-refractivity contribution in [3.8, 4) is 0 Å². The Bertz CT molecular complexity index is 1150. The van der Waals surface area contributed by atoms with Crippen molar-refractivity contribution in [2.75, 3.05) is 0 Å². The number of aliphatic hydroxyl groups excluding tert-OH is 1. The minimum Gasteiger partial charge on any atom is -0.460 e. The van der Waals surface area contributed by atoms with E-state index in [0.29, 0.717) is 6.54 Å². The quantitative estimate of drug-likeness (QED) is 0.241. The highest BCUT2D eigenvalue weighted by atomic mass is 28.4. The molecule has 0 bridgehead atoms. The lowest BCUT2D eigenvalue weighted by Gasteiger charge is -2.47. The SMILES string of the molecule is C[C@H](O[Si](c1ccccc1)(c1ccccc1)C(C)(C)C)[C@@H](NCc1ccccc1)[C@H](C(=O)OC(C)(C)C)[C@@H](C)O. The molecule has 216 valence electrons. The third-order valence-corrected chi connectivity index (χ3v) is 12.4. The molecule has 40 heavy (non-hydrogen) atoms. The standard InChI is InChI=1S/C34H47NO4Si/c1-25(36)30(32(37)38-33(3,4)5)31(35-24-27-18-12-9-13-19-27)26(2)39-40(34(6,7)8,28-20-14-10-15-21-28)29-22-16-11-17-23-29/h9-23,25-26,30-31,35-36H,24H2,1-8H3/t25-,26+,30-,31-/m1/s1. The van der Waals surface area contributed by atoms with Gasteiger partial charge in [0, 0.05) is 12.6 Å². The second kappa shape index (κ2) is 13.3. The van der Waals surface area contributed by atoms with E-state index in [4.69, 9.17) is 9.16 Å². The first kappa shape index (κ1) is 31.8. The van der Waals surface area contributed by atoms with Crippen molar-refractivity contribution in [3.05, 3.63) is 96.6 Å². The van der Waals surface area contributed by atoms with E-state index in [1.807, 2.05) is 70.2 Å². The van der Waals surface area contributed by atoms with Crippen LogP contribution < -0.4 is 15.7 Å². The summed E-state index contributed by atoms with van der Waals surface area (Å²) in [4.78, 5) is 13.6. The van der Waals surface area contributed by atoms with Gasteiger partial charge in [0.2, 0.25) is 0 Å². The molecule has 0 amide bonds. The van der Waals surface area contributed by atoms with E-state index in [9.17, 15) is 9.90 Å². The van der Waals surface area contributed by atoms with Gasteiger partial charge in [-0.15, -0.1) is 0 Å². The molecule has 4 atom stereocenters. The summed E-state index contributed by atoms with van der Waals surface area (Å²) >= 11 is 0. The predicted molar refractivity (Wildman–Crippen MR) is 166 cm³/mol. The molecule has 3 aromatic carbocycles. The second-order valence-corrected chi connectivity index (χ2v) is 16.9. The Kier molecular flexibility index (Phi) is 10.5. The topological polar surface area (TPSA) is 67.8 Å². The Hall–Kier alpha value is -2.77. The summed E-state index contributed by atoms with van der Waals surface area (Å²) in [6.07, 6.45) is -1.39. The van der Waals surface area contributed by atoms with Gasteiger partial charge >= 0.3 is 5.97 Å². The lowest BCUT2D eigenvalue weighted by Crippen LogP contribution is -2.69. The van der Waals surface area contributed by atoms with Crippen LogP contribution in [0.5, 0.6) is 0 Å². The average Bonchev–Trinajstić information content (AvgIpc) is 2.89. The lowest BCUT2D eigenvalue weighted by molar-refractivity contribution is -0.166. The summed E-state index contributed by atoms with van der Waals surface area (Å²) in [6.45, 7) is 16.4. The lowest BCUT2D eigenvalue weighted by atomic mass is 9.90. The number of hydrogen-bond donors (Lipinski definition) is 2. The molecule has 0 heterocycles. The van der Waals surface area contributed by atoms with Gasteiger partial charge in [0.25, 0.3) is 8.32 Å². The van der Waals surface area contributed by atoms with Crippen LogP contribution in [0.2, 0.25) is 5.04 Å². The number of carbonyl (C=O) groups excluding carboxylic acids is 1. The zero-order chi connectivity index (χ0) is 29.6. The van der Waals surface area contributed by atoms with Crippen molar-refractivity contribution < 1.29 is 19.1 Å². The molecule has 3 rings (SSSR count). The number of aliphatic hydroxyl groups is 1. The summed E-state index contributed by atoms with van der Waals surface area (Å²) in [7, 11) is -2.92. The van der Waals surface area contributed by atoms with Gasteiger partial charge in [0.15, 0.2) is 0 Å². The van der Waals surface area contributed by atoms with E-state index in [-0.39, 0.29) is 5.04 Å². The van der Waals surface area contributed by atoms with Crippen molar-refractivity contribution in [3.63, 3.8) is 0 Å². The van der Waals surface area contributed by atoms with Gasteiger partial charge < -0.3 is 19.6 Å². The van der Waals surface area contributed by atoms with Crippen LogP contribution >= 0.6 is 0 Å². The summed E-state index contributed by atoms with van der Waals surface area (Å²) in [5, 5.41) is 16.7. The molecule has 0 aliphatic carbocycles. The Balaban J connectivity index is 2.13. The van der Waals surface area contributed by atoms with E-state index >= 15 is 0 Å². The van der Waals surface area contributed by atoms with Gasteiger partial charge in [-0.3, -0.25) is 4.79 Å². The summed E-state index contributed by atoms with van der Waals surface area (Å²) < 4.78 is 13.2. The Morgan fingerprint density at radius 3 is 1.65 bits per heavy atom. The van der Waals surface area contributed by atoms with E-state index < -0.39 is 44.1 Å². The summed E-state index contributed by atoms with van der Waals surface area (Å²) in [6, 6.07) is 30.5. The molecule has 0 aliphatic heterocycles. The van der Waals surface area contributed by atoms with Gasteiger partial charge in [0.1, 0.15) is 11.5 Å². The largest absolute Gasteiger partial charge is 0.460 e. The van der Waals surface area contributed by atoms with Crippen LogP contribution in [0.3, 0.4) is 0 Å². The second-order valence-electron chi connectivity index (χ2n) is 12.7. The van der Waals surface area contributed by atoms with Gasteiger partial charge in [-0.1, -0.05) is 112 Å². The van der Waals surface area contributed by atoms with Crippen LogP contribution in [-0.4, -0.2) is 43.2 Å². The van der Waals surface area contributed by atoms with Crippen molar-refractivity contribution in [1.29, 1.82) is 0 Å². The van der Waals surface area contributed by atoms with Crippen molar-refractivity contribution in [2.45, 2.75) is 90.8 Å². The molecule has 5 nitrogen and oxygen atoms in total. The van der Waals surface area contributed by atoms with Gasteiger partial charge in [-0.2, -0.15) is 0 Å². The number of hydrogen-bond acceptors (Lipinski definition) is 5. The molecule has 6 heteroatoms. The van der Waals surface area contributed by atoms with Gasteiger partial charge in [0.05, 0.1) is 12.2 Å². The fourth-order valence-corrected chi connectivity index (χ4v) is 10.2. The highest BCUT2D eigenvalue weighted by molar-refractivity contribution is 6.99. The Morgan fingerprint density at radius 2 is 1.25 bits per heavy atom. The number of ether oxygens (including phenoxy) is 1. The van der Waals surface area contributed by atoms with E-state index in [1.165, 1.54) is 0 Å². The smallest absolute Gasteiger partial charge is 0.313 e.